The van der Waals surface area contributed by atoms with E-state index >= 15 is 0 Å². The van der Waals surface area contributed by atoms with Gasteiger partial charge in [-0.3, -0.25) is 0 Å². The summed E-state index contributed by atoms with van der Waals surface area (Å²) in [7, 11) is 0. The molecular formula is C18H25FN2. The molecule has 1 aromatic carbocycles. The Morgan fingerprint density at radius 3 is 3.10 bits per heavy atom. The number of benzene rings is 1. The first-order valence-electron chi connectivity index (χ1n) is 8.47. The highest BCUT2D eigenvalue weighted by Crippen LogP contribution is 2.51. The zero-order valence-electron chi connectivity index (χ0n) is 12.7. The number of fused-ring (bicyclic) bond motifs is 1. The summed E-state index contributed by atoms with van der Waals surface area (Å²) in [5.41, 5.74) is 1.60. The second-order valence-electron chi connectivity index (χ2n) is 7.21. The Labute approximate surface area is 126 Å². The van der Waals surface area contributed by atoms with Gasteiger partial charge >= 0.3 is 0 Å². The second-order valence-corrected chi connectivity index (χ2v) is 7.21. The van der Waals surface area contributed by atoms with E-state index in [0.717, 1.165) is 19.1 Å². The minimum atomic E-state index is -0.0912. The summed E-state index contributed by atoms with van der Waals surface area (Å²) in [6, 6.07) is 8.11. The predicted octanol–water partition coefficient (Wildman–Crippen LogP) is 3.15. The van der Waals surface area contributed by atoms with Crippen molar-refractivity contribution in [3.05, 3.63) is 35.6 Å². The minimum absolute atomic E-state index is 0.0912. The van der Waals surface area contributed by atoms with Crippen LogP contribution in [0.2, 0.25) is 0 Å². The smallest absolute Gasteiger partial charge is 0.123 e. The molecule has 0 saturated carbocycles. The zero-order chi connectivity index (χ0) is 14.3. The number of piperidine rings is 2. The lowest BCUT2D eigenvalue weighted by molar-refractivity contribution is 0.0318. The van der Waals surface area contributed by atoms with Crippen LogP contribution < -0.4 is 5.32 Å². The average Bonchev–Trinajstić information content (AvgIpc) is 2.95. The third-order valence-electron chi connectivity index (χ3n) is 6.18. The first-order valence-corrected chi connectivity index (χ1v) is 8.47. The minimum Gasteiger partial charge on any atom is -0.316 e. The van der Waals surface area contributed by atoms with Crippen molar-refractivity contribution in [2.75, 3.05) is 26.2 Å². The van der Waals surface area contributed by atoms with E-state index in [9.17, 15) is 4.39 Å². The van der Waals surface area contributed by atoms with Crippen molar-refractivity contribution in [3.8, 4) is 0 Å². The first kappa shape index (κ1) is 13.7. The Bertz CT molecular complexity index is 518. The van der Waals surface area contributed by atoms with Crippen molar-refractivity contribution in [1.82, 2.24) is 10.2 Å². The average molecular weight is 288 g/mol. The molecule has 3 aliphatic heterocycles. The number of rotatable bonds is 1. The lowest BCUT2D eigenvalue weighted by Gasteiger charge is -2.51. The van der Waals surface area contributed by atoms with Crippen molar-refractivity contribution >= 4 is 0 Å². The number of halogens is 1. The van der Waals surface area contributed by atoms with Crippen molar-refractivity contribution in [3.63, 3.8) is 0 Å². The third kappa shape index (κ3) is 2.40. The molecule has 0 amide bonds. The van der Waals surface area contributed by atoms with Crippen LogP contribution in [0.4, 0.5) is 4.39 Å². The lowest BCUT2D eigenvalue weighted by Crippen LogP contribution is -2.52. The Balaban J connectivity index is 1.65. The van der Waals surface area contributed by atoms with Crippen molar-refractivity contribution in [1.29, 1.82) is 0 Å². The summed E-state index contributed by atoms with van der Waals surface area (Å²) in [6.45, 7) is 4.68. The standard InChI is InChI=1S/C18H25FN2/c19-15-4-1-3-14(11-15)17-13-20-8-6-18(17)7-10-21-9-2-5-16(21)12-18/h1,3-4,11,16-17,20H,2,5-10,12-13H2. The molecule has 3 aliphatic rings. The van der Waals surface area contributed by atoms with Gasteiger partial charge in [0.25, 0.3) is 0 Å². The Morgan fingerprint density at radius 2 is 2.19 bits per heavy atom. The molecule has 3 heteroatoms. The third-order valence-corrected chi connectivity index (χ3v) is 6.18. The number of nitrogens with one attached hydrogen (secondary N) is 1. The maximum absolute atomic E-state index is 13.7. The van der Waals surface area contributed by atoms with E-state index in [4.69, 9.17) is 0 Å². The molecule has 4 rings (SSSR count). The van der Waals surface area contributed by atoms with Crippen LogP contribution >= 0.6 is 0 Å². The van der Waals surface area contributed by atoms with Gasteiger partial charge in [0, 0.05) is 18.5 Å². The molecule has 2 nitrogen and oxygen atoms in total. The quantitative estimate of drug-likeness (QED) is 0.854. The Kier molecular flexibility index (Phi) is 3.50. The molecule has 21 heavy (non-hydrogen) atoms. The number of hydrogen-bond donors (Lipinski definition) is 1. The SMILES string of the molecule is Fc1cccc(C2CNCCC23CCN2CCCC2C3)c1. The lowest BCUT2D eigenvalue weighted by atomic mass is 9.61. The highest BCUT2D eigenvalue weighted by Gasteiger charge is 2.47. The van der Waals surface area contributed by atoms with Crippen molar-refractivity contribution in [2.24, 2.45) is 5.41 Å². The normalized spacial score (nSPS) is 36.8. The van der Waals surface area contributed by atoms with Crippen LogP contribution in [0.15, 0.2) is 24.3 Å². The maximum atomic E-state index is 13.7. The number of nitrogens with zero attached hydrogens (tertiary/aromatic N) is 1. The molecule has 1 aromatic rings. The van der Waals surface area contributed by atoms with Crippen LogP contribution in [0.1, 0.15) is 43.6 Å². The summed E-state index contributed by atoms with van der Waals surface area (Å²) in [5.74, 6) is 0.385. The Morgan fingerprint density at radius 1 is 1.24 bits per heavy atom. The van der Waals surface area contributed by atoms with Crippen LogP contribution in [0.5, 0.6) is 0 Å². The molecular weight excluding hydrogens is 263 g/mol. The molecule has 114 valence electrons. The highest BCUT2D eigenvalue weighted by atomic mass is 19.1. The van der Waals surface area contributed by atoms with E-state index in [1.165, 1.54) is 50.8 Å². The topological polar surface area (TPSA) is 15.3 Å². The van der Waals surface area contributed by atoms with Crippen LogP contribution in [-0.2, 0) is 0 Å². The van der Waals surface area contributed by atoms with Crippen LogP contribution in [-0.4, -0.2) is 37.1 Å². The van der Waals surface area contributed by atoms with Gasteiger partial charge in [0.1, 0.15) is 5.82 Å². The van der Waals surface area contributed by atoms with Gasteiger partial charge in [-0.1, -0.05) is 12.1 Å². The number of hydrogen-bond acceptors (Lipinski definition) is 2. The molecule has 0 radical (unpaired) electrons. The molecule has 1 spiro atoms. The molecule has 0 aliphatic carbocycles. The van der Waals surface area contributed by atoms with E-state index < -0.39 is 0 Å². The monoisotopic (exact) mass is 288 g/mol. The molecule has 3 saturated heterocycles. The molecule has 1 N–H and O–H groups in total. The van der Waals surface area contributed by atoms with Crippen molar-refractivity contribution in [2.45, 2.75) is 44.1 Å². The van der Waals surface area contributed by atoms with Gasteiger partial charge in [-0.15, -0.1) is 0 Å². The molecule has 0 aromatic heterocycles. The molecule has 3 unspecified atom stereocenters. The largest absolute Gasteiger partial charge is 0.316 e. The molecule has 3 atom stereocenters. The molecule has 0 bridgehead atoms. The van der Waals surface area contributed by atoms with Gasteiger partial charge in [-0.25, -0.2) is 4.39 Å². The van der Waals surface area contributed by atoms with Gasteiger partial charge in [-0.05, 0) is 74.8 Å². The fourth-order valence-corrected chi connectivity index (χ4v) is 5.07. The summed E-state index contributed by atoms with van der Waals surface area (Å²) in [6.07, 6.45) is 6.58. The van der Waals surface area contributed by atoms with Gasteiger partial charge in [0.05, 0.1) is 0 Å². The van der Waals surface area contributed by atoms with E-state index in [1.807, 2.05) is 6.07 Å². The highest BCUT2D eigenvalue weighted by molar-refractivity contribution is 5.25. The van der Waals surface area contributed by atoms with E-state index in [-0.39, 0.29) is 5.82 Å². The van der Waals surface area contributed by atoms with Gasteiger partial charge in [0.15, 0.2) is 0 Å². The van der Waals surface area contributed by atoms with Crippen LogP contribution in [0.3, 0.4) is 0 Å². The van der Waals surface area contributed by atoms with Crippen LogP contribution in [0.25, 0.3) is 0 Å². The second kappa shape index (κ2) is 5.36. The zero-order valence-corrected chi connectivity index (χ0v) is 12.7. The molecule has 3 heterocycles. The van der Waals surface area contributed by atoms with Gasteiger partial charge in [0.2, 0.25) is 0 Å². The summed E-state index contributed by atoms with van der Waals surface area (Å²) in [5, 5.41) is 3.55. The fraction of sp³-hybridized carbons (Fsp3) is 0.667. The Hall–Kier alpha value is -0.930. The van der Waals surface area contributed by atoms with E-state index in [0.29, 0.717) is 11.3 Å². The summed E-state index contributed by atoms with van der Waals surface area (Å²) in [4.78, 5) is 2.69. The predicted molar refractivity (Wildman–Crippen MR) is 82.9 cm³/mol. The fourth-order valence-electron chi connectivity index (χ4n) is 5.07. The van der Waals surface area contributed by atoms with Gasteiger partial charge < -0.3 is 10.2 Å². The first-order chi connectivity index (χ1) is 10.3. The summed E-state index contributed by atoms with van der Waals surface area (Å²) < 4.78 is 13.7. The van der Waals surface area contributed by atoms with E-state index in [2.05, 4.69) is 16.3 Å². The van der Waals surface area contributed by atoms with Gasteiger partial charge in [-0.2, -0.15) is 0 Å². The van der Waals surface area contributed by atoms with Crippen molar-refractivity contribution < 1.29 is 4.39 Å². The maximum Gasteiger partial charge on any atom is 0.123 e. The summed E-state index contributed by atoms with van der Waals surface area (Å²) >= 11 is 0. The van der Waals surface area contributed by atoms with Crippen LogP contribution in [0, 0.1) is 11.2 Å². The molecule has 3 fully saturated rings. The van der Waals surface area contributed by atoms with E-state index in [1.54, 1.807) is 12.1 Å².